The summed E-state index contributed by atoms with van der Waals surface area (Å²) in [6.45, 7) is 1.78. The summed E-state index contributed by atoms with van der Waals surface area (Å²) in [6, 6.07) is 7.52. The number of carbonyl (C=O) groups excluding carboxylic acids is 2. The number of hydrogen-bond acceptors (Lipinski definition) is 3. The summed E-state index contributed by atoms with van der Waals surface area (Å²) in [5.74, 6) is -0.447. The molecule has 6 heteroatoms. The number of benzene rings is 1. The smallest absolute Gasteiger partial charge is 0.327 e. The van der Waals surface area contributed by atoms with E-state index in [1.807, 2.05) is 24.3 Å². The zero-order chi connectivity index (χ0) is 14.0. The largest absolute Gasteiger partial charge is 0.459 e. The molecular formula is C13H13Br2NO3. The van der Waals surface area contributed by atoms with E-state index in [9.17, 15) is 9.59 Å². The summed E-state index contributed by atoms with van der Waals surface area (Å²) in [6.07, 6.45) is 0.188. The van der Waals surface area contributed by atoms with Gasteiger partial charge in [0.15, 0.2) is 4.32 Å². The SMILES string of the molecule is CC(=O)NCC1CC(Br)(c2ccc(Br)cc2)C(=O)O1. The molecule has 1 aliphatic heterocycles. The van der Waals surface area contributed by atoms with Crippen LogP contribution in [0.2, 0.25) is 0 Å². The second-order valence-electron chi connectivity index (χ2n) is 4.48. The Kier molecular flexibility index (Phi) is 4.30. The maximum absolute atomic E-state index is 12.0. The van der Waals surface area contributed by atoms with E-state index in [2.05, 4.69) is 37.2 Å². The topological polar surface area (TPSA) is 55.4 Å². The van der Waals surface area contributed by atoms with Crippen LogP contribution in [-0.2, 0) is 18.7 Å². The standard InChI is InChI=1S/C13H13Br2NO3/c1-8(17)16-7-11-6-13(15,12(18)19-11)9-2-4-10(14)5-3-9/h2-5,11H,6-7H2,1H3,(H,16,17). The number of ether oxygens (including phenoxy) is 1. The van der Waals surface area contributed by atoms with Crippen LogP contribution in [0.1, 0.15) is 18.9 Å². The third kappa shape index (κ3) is 3.17. The van der Waals surface area contributed by atoms with Gasteiger partial charge in [-0.3, -0.25) is 9.59 Å². The highest BCUT2D eigenvalue weighted by Gasteiger charge is 2.48. The first-order valence-corrected chi connectivity index (χ1v) is 7.41. The number of alkyl halides is 1. The van der Waals surface area contributed by atoms with Gasteiger partial charge < -0.3 is 10.1 Å². The highest BCUT2D eigenvalue weighted by molar-refractivity contribution is 9.10. The maximum Gasteiger partial charge on any atom is 0.327 e. The molecule has 1 amide bonds. The molecule has 19 heavy (non-hydrogen) atoms. The van der Waals surface area contributed by atoms with Crippen molar-refractivity contribution >= 4 is 43.7 Å². The van der Waals surface area contributed by atoms with Gasteiger partial charge in [0.25, 0.3) is 0 Å². The quantitative estimate of drug-likeness (QED) is 0.637. The van der Waals surface area contributed by atoms with E-state index >= 15 is 0 Å². The molecule has 1 N–H and O–H groups in total. The zero-order valence-electron chi connectivity index (χ0n) is 10.3. The lowest BCUT2D eigenvalue weighted by molar-refractivity contribution is -0.143. The fourth-order valence-corrected chi connectivity index (χ4v) is 2.99. The molecule has 0 aliphatic carbocycles. The van der Waals surface area contributed by atoms with Crippen LogP contribution in [0.4, 0.5) is 0 Å². The molecule has 4 nitrogen and oxygen atoms in total. The molecule has 1 aromatic rings. The predicted octanol–water partition coefficient (Wildman–Crippen LogP) is 2.49. The van der Waals surface area contributed by atoms with Crippen LogP contribution in [0.15, 0.2) is 28.7 Å². The number of esters is 1. The molecule has 2 atom stereocenters. The van der Waals surface area contributed by atoms with Gasteiger partial charge in [-0.05, 0) is 17.7 Å². The number of halogens is 2. The van der Waals surface area contributed by atoms with Crippen LogP contribution in [0.25, 0.3) is 0 Å². The molecule has 1 aromatic carbocycles. The lowest BCUT2D eigenvalue weighted by Crippen LogP contribution is -2.30. The van der Waals surface area contributed by atoms with Crippen molar-refractivity contribution in [3.8, 4) is 0 Å². The third-order valence-corrected chi connectivity index (χ3v) is 4.62. The van der Waals surface area contributed by atoms with Crippen LogP contribution in [-0.4, -0.2) is 24.5 Å². The first-order valence-electron chi connectivity index (χ1n) is 5.82. The molecule has 2 rings (SSSR count). The van der Waals surface area contributed by atoms with Crippen molar-refractivity contribution < 1.29 is 14.3 Å². The van der Waals surface area contributed by atoms with E-state index in [1.165, 1.54) is 6.92 Å². The van der Waals surface area contributed by atoms with Gasteiger partial charge in [-0.2, -0.15) is 0 Å². The Morgan fingerprint density at radius 3 is 2.68 bits per heavy atom. The van der Waals surface area contributed by atoms with Crippen LogP contribution < -0.4 is 5.32 Å². The normalized spacial score (nSPS) is 26.1. The zero-order valence-corrected chi connectivity index (χ0v) is 13.5. The fraction of sp³-hybridized carbons (Fsp3) is 0.385. The molecule has 2 unspecified atom stereocenters. The van der Waals surface area contributed by atoms with Gasteiger partial charge in [-0.25, -0.2) is 0 Å². The summed E-state index contributed by atoms with van der Waals surface area (Å²) < 4.78 is 5.43. The molecule has 1 saturated heterocycles. The molecular weight excluding hydrogens is 378 g/mol. The van der Waals surface area contributed by atoms with Crippen molar-refractivity contribution in [2.45, 2.75) is 23.8 Å². The monoisotopic (exact) mass is 389 g/mol. The van der Waals surface area contributed by atoms with E-state index in [-0.39, 0.29) is 18.0 Å². The van der Waals surface area contributed by atoms with E-state index in [1.54, 1.807) is 0 Å². The predicted molar refractivity (Wildman–Crippen MR) is 77.9 cm³/mol. The molecule has 0 spiro atoms. The summed E-state index contributed by atoms with van der Waals surface area (Å²) in [4.78, 5) is 22.9. The number of carbonyl (C=O) groups is 2. The Hall–Kier alpha value is -0.880. The van der Waals surface area contributed by atoms with Gasteiger partial charge in [0.1, 0.15) is 6.10 Å². The number of amides is 1. The minimum atomic E-state index is -0.823. The molecule has 102 valence electrons. The molecule has 0 radical (unpaired) electrons. The van der Waals surface area contributed by atoms with Crippen molar-refractivity contribution in [3.63, 3.8) is 0 Å². The number of rotatable bonds is 3. The lowest BCUT2D eigenvalue weighted by atomic mass is 9.95. The van der Waals surface area contributed by atoms with Gasteiger partial charge in [-0.1, -0.05) is 44.0 Å². The van der Waals surface area contributed by atoms with E-state index in [0.717, 1.165) is 10.0 Å². The Balaban J connectivity index is 2.13. The van der Waals surface area contributed by atoms with Gasteiger partial charge >= 0.3 is 5.97 Å². The average molecular weight is 391 g/mol. The molecule has 1 fully saturated rings. The van der Waals surface area contributed by atoms with Crippen LogP contribution in [0.3, 0.4) is 0 Å². The average Bonchev–Trinajstić information content (AvgIpc) is 2.64. The van der Waals surface area contributed by atoms with E-state index in [4.69, 9.17) is 4.74 Å². The van der Waals surface area contributed by atoms with Crippen LogP contribution in [0.5, 0.6) is 0 Å². The highest BCUT2D eigenvalue weighted by atomic mass is 79.9. The maximum atomic E-state index is 12.0. The molecule has 0 bridgehead atoms. The fourth-order valence-electron chi connectivity index (χ4n) is 2.00. The van der Waals surface area contributed by atoms with Crippen LogP contribution in [0, 0.1) is 0 Å². The Morgan fingerprint density at radius 2 is 2.11 bits per heavy atom. The third-order valence-electron chi connectivity index (χ3n) is 2.99. The minimum absolute atomic E-state index is 0.133. The Morgan fingerprint density at radius 1 is 1.47 bits per heavy atom. The van der Waals surface area contributed by atoms with Gasteiger partial charge in [-0.15, -0.1) is 0 Å². The van der Waals surface area contributed by atoms with Crippen molar-refractivity contribution in [1.82, 2.24) is 5.32 Å². The summed E-state index contributed by atoms with van der Waals surface area (Å²) in [7, 11) is 0. The summed E-state index contributed by atoms with van der Waals surface area (Å²) in [5, 5.41) is 2.66. The lowest BCUT2D eigenvalue weighted by Gasteiger charge is -2.17. The number of cyclic esters (lactones) is 1. The summed E-state index contributed by atoms with van der Waals surface area (Å²) >= 11 is 6.85. The second kappa shape index (κ2) is 5.63. The van der Waals surface area contributed by atoms with Crippen molar-refractivity contribution in [1.29, 1.82) is 0 Å². The first-order chi connectivity index (χ1) is 8.91. The van der Waals surface area contributed by atoms with Gasteiger partial charge in [0.05, 0.1) is 6.54 Å². The molecule has 0 aromatic heterocycles. The van der Waals surface area contributed by atoms with Crippen molar-refractivity contribution in [2.75, 3.05) is 6.54 Å². The number of hydrogen-bond donors (Lipinski definition) is 1. The Labute approximate surface area is 128 Å². The van der Waals surface area contributed by atoms with Crippen LogP contribution >= 0.6 is 31.9 Å². The summed E-state index contributed by atoms with van der Waals surface area (Å²) in [5.41, 5.74) is 0.853. The number of nitrogens with one attached hydrogen (secondary N) is 1. The minimum Gasteiger partial charge on any atom is -0.459 e. The molecule has 1 heterocycles. The Bertz CT molecular complexity index is 503. The van der Waals surface area contributed by atoms with Gasteiger partial charge in [0, 0.05) is 17.8 Å². The van der Waals surface area contributed by atoms with Crippen molar-refractivity contribution in [2.24, 2.45) is 0 Å². The first kappa shape index (κ1) is 14.5. The second-order valence-corrected chi connectivity index (χ2v) is 6.75. The van der Waals surface area contributed by atoms with Crippen molar-refractivity contribution in [3.05, 3.63) is 34.3 Å². The molecule has 1 aliphatic rings. The van der Waals surface area contributed by atoms with Gasteiger partial charge in [0.2, 0.25) is 5.91 Å². The highest BCUT2D eigenvalue weighted by Crippen LogP contribution is 2.43. The van der Waals surface area contributed by atoms with E-state index in [0.29, 0.717) is 13.0 Å². The molecule has 0 saturated carbocycles. The van der Waals surface area contributed by atoms with E-state index < -0.39 is 4.32 Å².